The standard InChI is InChI=1S/C18H23N3O4/c1-2-25-18(24)21-9-7-12(8-10-21)19-17(23)14-11-16(22)20-15-6-4-3-5-13(14)15/h3-6,12,14H,2,7-11H2,1H3,(H,19,23)(H,20,22). The van der Waals surface area contributed by atoms with E-state index in [4.69, 9.17) is 4.74 Å². The van der Waals surface area contributed by atoms with Gasteiger partial charge in [0.2, 0.25) is 11.8 Å². The molecular formula is C18H23N3O4. The number of fused-ring (bicyclic) bond motifs is 1. The number of carbonyl (C=O) groups is 3. The topological polar surface area (TPSA) is 87.7 Å². The van der Waals surface area contributed by atoms with Gasteiger partial charge in [-0.2, -0.15) is 0 Å². The molecule has 7 nitrogen and oxygen atoms in total. The van der Waals surface area contributed by atoms with E-state index < -0.39 is 5.92 Å². The Morgan fingerprint density at radius 3 is 2.72 bits per heavy atom. The number of amides is 3. The van der Waals surface area contributed by atoms with Gasteiger partial charge < -0.3 is 20.3 Å². The molecule has 1 aromatic rings. The number of hydrogen-bond acceptors (Lipinski definition) is 4. The highest BCUT2D eigenvalue weighted by atomic mass is 16.6. The van der Waals surface area contributed by atoms with Gasteiger partial charge in [0.15, 0.2) is 0 Å². The van der Waals surface area contributed by atoms with Crippen molar-refractivity contribution in [3.8, 4) is 0 Å². The first-order chi connectivity index (χ1) is 12.1. The van der Waals surface area contributed by atoms with E-state index in [1.165, 1.54) is 0 Å². The fraction of sp³-hybridized carbons (Fsp3) is 0.500. The number of benzene rings is 1. The molecule has 0 spiro atoms. The summed E-state index contributed by atoms with van der Waals surface area (Å²) in [5.41, 5.74) is 1.56. The molecule has 2 aliphatic heterocycles. The predicted octanol–water partition coefficient (Wildman–Crippen LogP) is 1.85. The molecule has 1 saturated heterocycles. The molecule has 3 rings (SSSR count). The van der Waals surface area contributed by atoms with Gasteiger partial charge >= 0.3 is 6.09 Å². The van der Waals surface area contributed by atoms with E-state index in [9.17, 15) is 14.4 Å². The monoisotopic (exact) mass is 345 g/mol. The maximum Gasteiger partial charge on any atom is 0.409 e. The predicted molar refractivity (Wildman–Crippen MR) is 92.2 cm³/mol. The number of rotatable bonds is 3. The lowest BCUT2D eigenvalue weighted by Crippen LogP contribution is -2.48. The highest BCUT2D eigenvalue weighted by molar-refractivity contribution is 6.01. The van der Waals surface area contributed by atoms with Crippen LogP contribution in [0.15, 0.2) is 24.3 Å². The minimum absolute atomic E-state index is 0.00956. The Morgan fingerprint density at radius 1 is 1.28 bits per heavy atom. The number of hydrogen-bond donors (Lipinski definition) is 2. The zero-order chi connectivity index (χ0) is 17.8. The molecule has 3 amide bonds. The quantitative estimate of drug-likeness (QED) is 0.875. The Bertz CT molecular complexity index is 668. The fourth-order valence-corrected chi connectivity index (χ4v) is 3.37. The summed E-state index contributed by atoms with van der Waals surface area (Å²) in [5.74, 6) is -0.735. The molecular weight excluding hydrogens is 322 g/mol. The van der Waals surface area contributed by atoms with E-state index in [-0.39, 0.29) is 30.4 Å². The van der Waals surface area contributed by atoms with Crippen LogP contribution in [0, 0.1) is 0 Å². The molecule has 2 aliphatic rings. The van der Waals surface area contributed by atoms with Crippen molar-refractivity contribution in [3.05, 3.63) is 29.8 Å². The second-order valence-electron chi connectivity index (χ2n) is 6.36. The largest absolute Gasteiger partial charge is 0.450 e. The smallest absolute Gasteiger partial charge is 0.409 e. The highest BCUT2D eigenvalue weighted by Gasteiger charge is 2.32. The lowest BCUT2D eigenvalue weighted by Gasteiger charge is -2.33. The number of carbonyl (C=O) groups excluding carboxylic acids is 3. The summed E-state index contributed by atoms with van der Waals surface area (Å²) in [6.07, 6.45) is 1.23. The van der Waals surface area contributed by atoms with Crippen molar-refractivity contribution in [2.45, 2.75) is 38.1 Å². The van der Waals surface area contributed by atoms with Gasteiger partial charge in [0, 0.05) is 31.2 Å². The molecule has 0 aliphatic carbocycles. The van der Waals surface area contributed by atoms with E-state index in [0.29, 0.717) is 38.2 Å². The lowest BCUT2D eigenvalue weighted by molar-refractivity contribution is -0.127. The summed E-state index contributed by atoms with van der Waals surface area (Å²) in [6, 6.07) is 7.40. The third-order valence-corrected chi connectivity index (χ3v) is 4.68. The second-order valence-corrected chi connectivity index (χ2v) is 6.36. The van der Waals surface area contributed by atoms with E-state index >= 15 is 0 Å². The van der Waals surface area contributed by atoms with E-state index in [2.05, 4.69) is 10.6 Å². The minimum Gasteiger partial charge on any atom is -0.450 e. The first kappa shape index (κ1) is 17.3. The van der Waals surface area contributed by atoms with Gasteiger partial charge in [-0.1, -0.05) is 18.2 Å². The number of piperidine rings is 1. The average Bonchev–Trinajstić information content (AvgIpc) is 2.61. The van der Waals surface area contributed by atoms with Crippen molar-refractivity contribution in [2.24, 2.45) is 0 Å². The van der Waals surface area contributed by atoms with E-state index in [1.807, 2.05) is 24.3 Å². The Kier molecular flexibility index (Phi) is 5.21. The molecule has 1 aromatic carbocycles. The van der Waals surface area contributed by atoms with Crippen LogP contribution in [0.2, 0.25) is 0 Å². The molecule has 2 N–H and O–H groups in total. The van der Waals surface area contributed by atoms with Crippen molar-refractivity contribution in [2.75, 3.05) is 25.0 Å². The normalized spacial score (nSPS) is 20.4. The molecule has 1 fully saturated rings. The molecule has 0 saturated carbocycles. The Morgan fingerprint density at radius 2 is 2.00 bits per heavy atom. The van der Waals surface area contributed by atoms with Crippen molar-refractivity contribution >= 4 is 23.6 Å². The Balaban J connectivity index is 1.59. The molecule has 1 unspecified atom stereocenters. The van der Waals surface area contributed by atoms with Crippen molar-refractivity contribution in [1.29, 1.82) is 0 Å². The van der Waals surface area contributed by atoms with Crippen LogP contribution in [-0.4, -0.2) is 48.5 Å². The minimum atomic E-state index is -0.465. The maximum atomic E-state index is 12.7. The first-order valence-electron chi connectivity index (χ1n) is 8.69. The molecule has 0 radical (unpaired) electrons. The van der Waals surface area contributed by atoms with Crippen LogP contribution < -0.4 is 10.6 Å². The number of likely N-dealkylation sites (tertiary alicyclic amines) is 1. The fourth-order valence-electron chi connectivity index (χ4n) is 3.37. The van der Waals surface area contributed by atoms with Crippen LogP contribution in [0.4, 0.5) is 10.5 Å². The highest BCUT2D eigenvalue weighted by Crippen LogP contribution is 2.32. The molecule has 2 heterocycles. The lowest BCUT2D eigenvalue weighted by atomic mass is 9.89. The number of anilines is 1. The van der Waals surface area contributed by atoms with Crippen LogP contribution in [-0.2, 0) is 14.3 Å². The van der Waals surface area contributed by atoms with Crippen LogP contribution >= 0.6 is 0 Å². The first-order valence-corrected chi connectivity index (χ1v) is 8.69. The van der Waals surface area contributed by atoms with Crippen molar-refractivity contribution in [1.82, 2.24) is 10.2 Å². The third kappa shape index (κ3) is 3.92. The second kappa shape index (κ2) is 7.55. The molecule has 134 valence electrons. The van der Waals surface area contributed by atoms with E-state index in [1.54, 1.807) is 11.8 Å². The molecule has 25 heavy (non-hydrogen) atoms. The van der Waals surface area contributed by atoms with Crippen LogP contribution in [0.5, 0.6) is 0 Å². The summed E-state index contributed by atoms with van der Waals surface area (Å²) >= 11 is 0. The van der Waals surface area contributed by atoms with Crippen molar-refractivity contribution < 1.29 is 19.1 Å². The molecule has 7 heteroatoms. The van der Waals surface area contributed by atoms with Crippen molar-refractivity contribution in [3.63, 3.8) is 0 Å². The third-order valence-electron chi connectivity index (χ3n) is 4.68. The zero-order valence-corrected chi connectivity index (χ0v) is 14.3. The zero-order valence-electron chi connectivity index (χ0n) is 14.3. The Labute approximate surface area is 146 Å². The summed E-state index contributed by atoms with van der Waals surface area (Å²) in [6.45, 7) is 3.26. The van der Waals surface area contributed by atoms with E-state index in [0.717, 1.165) is 5.56 Å². The summed E-state index contributed by atoms with van der Waals surface area (Å²) in [5, 5.41) is 5.85. The van der Waals surface area contributed by atoms with Crippen LogP contribution in [0.1, 0.15) is 37.7 Å². The number of nitrogens with zero attached hydrogens (tertiary/aromatic N) is 1. The van der Waals surface area contributed by atoms with Gasteiger partial charge in [-0.25, -0.2) is 4.79 Å². The summed E-state index contributed by atoms with van der Waals surface area (Å²) in [7, 11) is 0. The SMILES string of the molecule is CCOC(=O)N1CCC(NC(=O)C2CC(=O)Nc3ccccc32)CC1. The van der Waals surface area contributed by atoms with Gasteiger partial charge in [-0.3, -0.25) is 9.59 Å². The van der Waals surface area contributed by atoms with Gasteiger partial charge in [0.25, 0.3) is 0 Å². The molecule has 0 aromatic heterocycles. The number of ether oxygens (including phenoxy) is 1. The average molecular weight is 345 g/mol. The Hall–Kier alpha value is -2.57. The molecule has 1 atom stereocenters. The number of para-hydroxylation sites is 1. The van der Waals surface area contributed by atoms with Crippen LogP contribution in [0.3, 0.4) is 0 Å². The number of nitrogens with one attached hydrogen (secondary N) is 2. The summed E-state index contributed by atoms with van der Waals surface area (Å²) in [4.78, 5) is 37.9. The van der Waals surface area contributed by atoms with Gasteiger partial charge in [-0.15, -0.1) is 0 Å². The molecule has 0 bridgehead atoms. The van der Waals surface area contributed by atoms with Gasteiger partial charge in [-0.05, 0) is 31.4 Å². The van der Waals surface area contributed by atoms with Crippen LogP contribution in [0.25, 0.3) is 0 Å². The maximum absolute atomic E-state index is 12.7. The van der Waals surface area contributed by atoms with Gasteiger partial charge in [0.05, 0.1) is 12.5 Å². The van der Waals surface area contributed by atoms with Gasteiger partial charge in [0.1, 0.15) is 0 Å². The summed E-state index contributed by atoms with van der Waals surface area (Å²) < 4.78 is 5.00.